The second-order valence-corrected chi connectivity index (χ2v) is 7.42. The lowest BCUT2D eigenvalue weighted by Gasteiger charge is -2.34. The molecule has 0 bridgehead atoms. The van der Waals surface area contributed by atoms with Crippen LogP contribution in [0.5, 0.6) is 0 Å². The topological polar surface area (TPSA) is 24.1 Å². The molecule has 2 atom stereocenters. The predicted octanol–water partition coefficient (Wildman–Crippen LogP) is 3.57. The highest BCUT2D eigenvalue weighted by Crippen LogP contribution is 2.34. The van der Waals surface area contributed by atoms with Crippen molar-refractivity contribution in [3.63, 3.8) is 0 Å². The van der Waals surface area contributed by atoms with Crippen LogP contribution in [0.25, 0.3) is 0 Å². The number of rotatable bonds is 6. The van der Waals surface area contributed by atoms with E-state index in [1.807, 2.05) is 0 Å². The van der Waals surface area contributed by atoms with Crippen molar-refractivity contribution in [3.8, 4) is 0 Å². The van der Waals surface area contributed by atoms with E-state index in [9.17, 15) is 0 Å². The first-order chi connectivity index (χ1) is 9.20. The van der Waals surface area contributed by atoms with Gasteiger partial charge < -0.3 is 10.6 Å². The molecular formula is C17H34N2. The van der Waals surface area contributed by atoms with Crippen molar-refractivity contribution in [3.05, 3.63) is 0 Å². The molecule has 1 aliphatic heterocycles. The Balaban J connectivity index is 1.57. The Kier molecular flexibility index (Phi) is 6.15. The molecule has 2 rings (SSSR count). The van der Waals surface area contributed by atoms with Gasteiger partial charge in [0.15, 0.2) is 0 Å². The van der Waals surface area contributed by atoms with Crippen molar-refractivity contribution in [2.75, 3.05) is 26.2 Å². The molecule has 2 unspecified atom stereocenters. The van der Waals surface area contributed by atoms with Gasteiger partial charge in [-0.2, -0.15) is 0 Å². The smallest absolute Gasteiger partial charge is 0.000516 e. The summed E-state index contributed by atoms with van der Waals surface area (Å²) in [6.07, 6.45) is 11.4. The van der Waals surface area contributed by atoms with Gasteiger partial charge >= 0.3 is 0 Å². The van der Waals surface area contributed by atoms with Crippen LogP contribution in [-0.2, 0) is 0 Å². The van der Waals surface area contributed by atoms with Crippen LogP contribution in [0.15, 0.2) is 0 Å². The highest BCUT2D eigenvalue weighted by molar-refractivity contribution is 4.81. The van der Waals surface area contributed by atoms with E-state index >= 15 is 0 Å². The summed E-state index contributed by atoms with van der Waals surface area (Å²) in [6.45, 7) is 9.86. The van der Waals surface area contributed by atoms with Gasteiger partial charge in [0, 0.05) is 6.54 Å². The van der Waals surface area contributed by atoms with Gasteiger partial charge in [-0.1, -0.05) is 33.1 Å². The average Bonchev–Trinajstić information content (AvgIpc) is 2.45. The molecule has 0 aromatic rings. The molecule has 19 heavy (non-hydrogen) atoms. The normalized spacial score (nSPS) is 29.1. The standard InChI is InChI=1S/C17H34N2/c1-15(16-7-6-11-18-13-16)8-12-19-14-17(2)9-4-3-5-10-17/h15-16,18-19H,3-14H2,1-2H3. The molecule has 0 amide bonds. The van der Waals surface area contributed by atoms with E-state index in [2.05, 4.69) is 24.5 Å². The van der Waals surface area contributed by atoms with Crippen LogP contribution in [0.2, 0.25) is 0 Å². The van der Waals surface area contributed by atoms with Crippen LogP contribution >= 0.6 is 0 Å². The van der Waals surface area contributed by atoms with Crippen LogP contribution in [-0.4, -0.2) is 26.2 Å². The van der Waals surface area contributed by atoms with Crippen LogP contribution in [0.1, 0.15) is 65.2 Å². The molecule has 2 nitrogen and oxygen atoms in total. The molecule has 2 N–H and O–H groups in total. The second-order valence-electron chi connectivity index (χ2n) is 7.42. The van der Waals surface area contributed by atoms with Crippen LogP contribution in [0.4, 0.5) is 0 Å². The molecule has 1 saturated heterocycles. The molecular weight excluding hydrogens is 232 g/mol. The first-order valence-corrected chi connectivity index (χ1v) is 8.61. The first kappa shape index (κ1) is 15.3. The minimum absolute atomic E-state index is 0.591. The molecule has 2 heteroatoms. The SMILES string of the molecule is CC(CCNCC1(C)CCCCC1)C1CCCNC1. The third-order valence-electron chi connectivity index (χ3n) is 5.53. The zero-order valence-corrected chi connectivity index (χ0v) is 13.1. The quantitative estimate of drug-likeness (QED) is 0.718. The minimum atomic E-state index is 0.591. The van der Waals surface area contributed by atoms with Crippen LogP contribution in [0.3, 0.4) is 0 Å². The van der Waals surface area contributed by atoms with Gasteiger partial charge in [-0.25, -0.2) is 0 Å². The number of hydrogen-bond donors (Lipinski definition) is 2. The van der Waals surface area contributed by atoms with E-state index in [1.165, 1.54) is 77.5 Å². The van der Waals surface area contributed by atoms with E-state index in [4.69, 9.17) is 0 Å². The fourth-order valence-electron chi connectivity index (χ4n) is 3.90. The molecule has 2 aliphatic rings. The Hall–Kier alpha value is -0.0800. The second kappa shape index (κ2) is 7.64. The average molecular weight is 266 g/mol. The number of hydrogen-bond acceptors (Lipinski definition) is 2. The first-order valence-electron chi connectivity index (χ1n) is 8.61. The molecule has 2 fully saturated rings. The summed E-state index contributed by atoms with van der Waals surface area (Å²) in [5.41, 5.74) is 0.591. The monoisotopic (exact) mass is 266 g/mol. The van der Waals surface area contributed by atoms with Gasteiger partial charge in [0.1, 0.15) is 0 Å². The van der Waals surface area contributed by atoms with Crippen molar-refractivity contribution >= 4 is 0 Å². The summed E-state index contributed by atoms with van der Waals surface area (Å²) in [5, 5.41) is 7.29. The van der Waals surface area contributed by atoms with E-state index in [0.29, 0.717) is 5.41 Å². The van der Waals surface area contributed by atoms with Gasteiger partial charge in [0.05, 0.1) is 0 Å². The maximum Gasteiger partial charge on any atom is 0.000516 e. The molecule has 0 aromatic heterocycles. The molecule has 0 aromatic carbocycles. The lowest BCUT2D eigenvalue weighted by Crippen LogP contribution is -2.36. The summed E-state index contributed by atoms with van der Waals surface area (Å²) in [6, 6.07) is 0. The summed E-state index contributed by atoms with van der Waals surface area (Å²) >= 11 is 0. The highest BCUT2D eigenvalue weighted by Gasteiger charge is 2.26. The number of nitrogens with one attached hydrogen (secondary N) is 2. The van der Waals surface area contributed by atoms with E-state index in [1.54, 1.807) is 0 Å². The van der Waals surface area contributed by atoms with Crippen molar-refractivity contribution in [1.82, 2.24) is 10.6 Å². The Morgan fingerprint density at radius 1 is 1.21 bits per heavy atom. The van der Waals surface area contributed by atoms with E-state index < -0.39 is 0 Å². The molecule has 1 aliphatic carbocycles. The zero-order chi connectivity index (χ0) is 13.6. The van der Waals surface area contributed by atoms with Gasteiger partial charge in [-0.15, -0.1) is 0 Å². The molecule has 112 valence electrons. The van der Waals surface area contributed by atoms with Crippen molar-refractivity contribution < 1.29 is 0 Å². The van der Waals surface area contributed by atoms with Gasteiger partial charge in [-0.3, -0.25) is 0 Å². The molecule has 0 radical (unpaired) electrons. The van der Waals surface area contributed by atoms with E-state index in [-0.39, 0.29) is 0 Å². The Morgan fingerprint density at radius 2 is 2.00 bits per heavy atom. The maximum atomic E-state index is 3.75. The zero-order valence-electron chi connectivity index (χ0n) is 13.1. The largest absolute Gasteiger partial charge is 0.316 e. The van der Waals surface area contributed by atoms with Crippen LogP contribution in [0, 0.1) is 17.3 Å². The van der Waals surface area contributed by atoms with E-state index in [0.717, 1.165) is 11.8 Å². The van der Waals surface area contributed by atoms with Gasteiger partial charge in [0.25, 0.3) is 0 Å². The lowest BCUT2D eigenvalue weighted by atomic mass is 9.75. The van der Waals surface area contributed by atoms with Crippen LogP contribution < -0.4 is 10.6 Å². The Bertz CT molecular complexity index is 240. The highest BCUT2D eigenvalue weighted by atomic mass is 14.9. The summed E-state index contributed by atoms with van der Waals surface area (Å²) in [5.74, 6) is 1.79. The predicted molar refractivity (Wildman–Crippen MR) is 83.4 cm³/mol. The molecule has 1 saturated carbocycles. The summed E-state index contributed by atoms with van der Waals surface area (Å²) in [4.78, 5) is 0. The lowest BCUT2D eigenvalue weighted by molar-refractivity contribution is 0.203. The maximum absolute atomic E-state index is 3.75. The van der Waals surface area contributed by atoms with Crippen molar-refractivity contribution in [2.45, 2.75) is 65.2 Å². The minimum Gasteiger partial charge on any atom is -0.316 e. The number of piperidine rings is 1. The fourth-order valence-corrected chi connectivity index (χ4v) is 3.90. The summed E-state index contributed by atoms with van der Waals surface area (Å²) in [7, 11) is 0. The molecule has 1 heterocycles. The summed E-state index contributed by atoms with van der Waals surface area (Å²) < 4.78 is 0. The third kappa shape index (κ3) is 5.07. The van der Waals surface area contributed by atoms with Crippen molar-refractivity contribution in [1.29, 1.82) is 0 Å². The van der Waals surface area contributed by atoms with Crippen molar-refractivity contribution in [2.24, 2.45) is 17.3 Å². The third-order valence-corrected chi connectivity index (χ3v) is 5.53. The Morgan fingerprint density at radius 3 is 2.68 bits per heavy atom. The van der Waals surface area contributed by atoms with Gasteiger partial charge in [0.2, 0.25) is 0 Å². The van der Waals surface area contributed by atoms with Gasteiger partial charge in [-0.05, 0) is 69.0 Å². The Labute approximate surface area is 120 Å². The molecule has 0 spiro atoms. The fraction of sp³-hybridized carbons (Fsp3) is 1.00.